The fourth-order valence-corrected chi connectivity index (χ4v) is 6.23. The summed E-state index contributed by atoms with van der Waals surface area (Å²) in [6.07, 6.45) is 0. The lowest BCUT2D eigenvalue weighted by Gasteiger charge is -2.25. The zero-order valence-electron chi connectivity index (χ0n) is 24.0. The lowest BCUT2D eigenvalue weighted by molar-refractivity contribution is -0.132. The number of Topliss-reactive ketones (excluding diaryl/α,β-unsaturated/α-hetero) is 1. The number of ether oxygens (including phenoxy) is 1. The number of aliphatic hydroxyl groups excluding tert-OH is 1. The van der Waals surface area contributed by atoms with Crippen LogP contribution in [0, 0.1) is 20.8 Å². The van der Waals surface area contributed by atoms with Crippen molar-refractivity contribution in [3.8, 4) is 5.75 Å². The van der Waals surface area contributed by atoms with Crippen LogP contribution >= 0.6 is 11.3 Å². The molecule has 40 heavy (non-hydrogen) atoms. The van der Waals surface area contributed by atoms with E-state index in [-0.39, 0.29) is 16.7 Å². The van der Waals surface area contributed by atoms with Crippen molar-refractivity contribution in [1.29, 1.82) is 0 Å². The summed E-state index contributed by atoms with van der Waals surface area (Å²) in [5, 5.41) is 12.1. The third kappa shape index (κ3) is 4.79. The topological polar surface area (TPSA) is 79.7 Å². The van der Waals surface area contributed by atoms with Crippen molar-refractivity contribution >= 4 is 44.1 Å². The summed E-state index contributed by atoms with van der Waals surface area (Å²) in [4.78, 5) is 33.6. The molecule has 1 fully saturated rings. The van der Waals surface area contributed by atoms with Crippen LogP contribution in [0.2, 0.25) is 0 Å². The lowest BCUT2D eigenvalue weighted by atomic mass is 9.84. The minimum atomic E-state index is -0.827. The maximum Gasteiger partial charge on any atom is 0.301 e. The molecule has 1 amide bonds. The van der Waals surface area contributed by atoms with Gasteiger partial charge in [0.05, 0.1) is 28.4 Å². The molecule has 0 bridgehead atoms. The predicted molar refractivity (Wildman–Crippen MR) is 161 cm³/mol. The molecule has 0 saturated carbocycles. The number of ketones is 1. The molecule has 4 aromatic rings. The number of hydrogen-bond acceptors (Lipinski definition) is 6. The number of rotatable bonds is 5. The number of hydrogen-bond donors (Lipinski definition) is 1. The van der Waals surface area contributed by atoms with Gasteiger partial charge in [0, 0.05) is 11.1 Å². The van der Waals surface area contributed by atoms with Gasteiger partial charge in [0.1, 0.15) is 11.5 Å². The normalized spacial score (nSPS) is 17.2. The highest BCUT2D eigenvalue weighted by Crippen LogP contribution is 2.45. The Morgan fingerprint density at radius 2 is 1.75 bits per heavy atom. The van der Waals surface area contributed by atoms with E-state index in [1.807, 2.05) is 70.2 Å². The molecule has 1 saturated heterocycles. The van der Waals surface area contributed by atoms with Crippen LogP contribution in [0.15, 0.2) is 60.2 Å². The van der Waals surface area contributed by atoms with Gasteiger partial charge in [0.25, 0.3) is 5.78 Å². The van der Waals surface area contributed by atoms with E-state index < -0.39 is 17.7 Å². The molecule has 1 aliphatic rings. The van der Waals surface area contributed by atoms with Gasteiger partial charge in [0.15, 0.2) is 5.13 Å². The van der Waals surface area contributed by atoms with E-state index in [1.54, 1.807) is 6.07 Å². The Morgan fingerprint density at radius 1 is 1.02 bits per heavy atom. The van der Waals surface area contributed by atoms with Crippen LogP contribution in [0.3, 0.4) is 0 Å². The third-order valence-corrected chi connectivity index (χ3v) is 8.38. The van der Waals surface area contributed by atoms with Crippen LogP contribution < -0.4 is 9.64 Å². The number of nitrogens with zero attached hydrogens (tertiary/aromatic N) is 2. The predicted octanol–water partition coefficient (Wildman–Crippen LogP) is 7.54. The Balaban J connectivity index is 1.73. The van der Waals surface area contributed by atoms with Gasteiger partial charge >= 0.3 is 5.91 Å². The molecule has 6 nitrogen and oxygen atoms in total. The van der Waals surface area contributed by atoms with Crippen molar-refractivity contribution in [2.24, 2.45) is 0 Å². The smallest absolute Gasteiger partial charge is 0.301 e. The monoisotopic (exact) mass is 554 g/mol. The number of fused-ring (bicyclic) bond motifs is 1. The Labute approximate surface area is 238 Å². The highest BCUT2D eigenvalue weighted by atomic mass is 32.1. The van der Waals surface area contributed by atoms with E-state index >= 15 is 0 Å². The fraction of sp³-hybridized carbons (Fsp3) is 0.303. The molecule has 5 rings (SSSR count). The molecule has 1 aromatic heterocycles. The molecule has 1 N–H and O–H groups in total. The number of aliphatic hydroxyl groups is 1. The van der Waals surface area contributed by atoms with Gasteiger partial charge in [-0.25, -0.2) is 4.98 Å². The highest BCUT2D eigenvalue weighted by Gasteiger charge is 2.48. The van der Waals surface area contributed by atoms with Crippen molar-refractivity contribution in [3.63, 3.8) is 0 Å². The zero-order chi connectivity index (χ0) is 28.9. The zero-order valence-corrected chi connectivity index (χ0v) is 24.8. The van der Waals surface area contributed by atoms with Crippen LogP contribution in [0.5, 0.6) is 5.75 Å². The number of aromatic nitrogens is 1. The maximum absolute atomic E-state index is 13.7. The summed E-state index contributed by atoms with van der Waals surface area (Å²) in [6.45, 7) is 14.7. The molecule has 0 spiro atoms. The Morgan fingerprint density at radius 3 is 2.42 bits per heavy atom. The van der Waals surface area contributed by atoms with Crippen LogP contribution in [0.4, 0.5) is 5.13 Å². The van der Waals surface area contributed by atoms with E-state index in [9.17, 15) is 14.7 Å². The SMILES string of the molecule is CCOc1ccc(/C(O)=C2\C(=O)C(=O)N(c3nc4cc(C)c(C)cc4s3)C2c2cccc(C)c2)cc1C(C)(C)C. The molecule has 7 heteroatoms. The van der Waals surface area contributed by atoms with Gasteiger partial charge in [-0.2, -0.15) is 0 Å². The average Bonchev–Trinajstić information content (AvgIpc) is 3.41. The van der Waals surface area contributed by atoms with Crippen LogP contribution in [0.1, 0.15) is 67.1 Å². The fourth-order valence-electron chi connectivity index (χ4n) is 5.16. The number of thiazole rings is 1. The first kappa shape index (κ1) is 27.6. The Bertz CT molecular complexity index is 1650. The molecular formula is C33H34N2O4S. The minimum absolute atomic E-state index is 0.0474. The number of carbonyl (C=O) groups is 2. The molecule has 1 unspecified atom stereocenters. The summed E-state index contributed by atoms with van der Waals surface area (Å²) in [7, 11) is 0. The number of anilines is 1. The van der Waals surface area contributed by atoms with Crippen LogP contribution in [-0.4, -0.2) is 28.4 Å². The average molecular weight is 555 g/mol. The second kappa shape index (κ2) is 10.2. The van der Waals surface area contributed by atoms with Crippen molar-refractivity contribution in [1.82, 2.24) is 4.98 Å². The van der Waals surface area contributed by atoms with Crippen molar-refractivity contribution in [2.45, 2.75) is 59.9 Å². The van der Waals surface area contributed by atoms with Crippen molar-refractivity contribution in [2.75, 3.05) is 11.5 Å². The van der Waals surface area contributed by atoms with Crippen LogP contribution in [-0.2, 0) is 15.0 Å². The molecule has 206 valence electrons. The summed E-state index contributed by atoms with van der Waals surface area (Å²) < 4.78 is 6.79. The minimum Gasteiger partial charge on any atom is -0.507 e. The number of aryl methyl sites for hydroxylation is 3. The molecule has 3 aromatic carbocycles. The lowest BCUT2D eigenvalue weighted by Crippen LogP contribution is -2.29. The van der Waals surface area contributed by atoms with Gasteiger partial charge < -0.3 is 9.84 Å². The quantitative estimate of drug-likeness (QED) is 0.157. The third-order valence-electron chi connectivity index (χ3n) is 7.36. The van der Waals surface area contributed by atoms with Gasteiger partial charge in [-0.05, 0) is 80.1 Å². The number of carbonyl (C=O) groups excluding carboxylic acids is 2. The Hall–Kier alpha value is -3.97. The highest BCUT2D eigenvalue weighted by molar-refractivity contribution is 7.22. The van der Waals surface area contributed by atoms with Gasteiger partial charge in [0.2, 0.25) is 0 Å². The summed E-state index contributed by atoms with van der Waals surface area (Å²) in [5.41, 5.74) is 5.85. The first-order chi connectivity index (χ1) is 18.9. The van der Waals surface area contributed by atoms with Gasteiger partial charge in [-0.15, -0.1) is 0 Å². The van der Waals surface area contributed by atoms with Crippen molar-refractivity contribution in [3.05, 3.63) is 93.6 Å². The molecule has 0 aliphatic carbocycles. The summed E-state index contributed by atoms with van der Waals surface area (Å²) in [6, 6.07) is 16.3. The van der Waals surface area contributed by atoms with E-state index in [0.717, 1.165) is 43.8 Å². The van der Waals surface area contributed by atoms with Gasteiger partial charge in [-0.3, -0.25) is 14.5 Å². The van der Waals surface area contributed by atoms with E-state index in [4.69, 9.17) is 9.72 Å². The second-order valence-corrected chi connectivity index (χ2v) is 12.4. The maximum atomic E-state index is 13.7. The number of amides is 1. The molecular weight excluding hydrogens is 520 g/mol. The molecule has 2 heterocycles. The first-order valence-corrected chi connectivity index (χ1v) is 14.3. The molecule has 0 radical (unpaired) electrons. The van der Waals surface area contributed by atoms with Gasteiger partial charge in [-0.1, -0.05) is 61.9 Å². The van der Waals surface area contributed by atoms with Crippen molar-refractivity contribution < 1.29 is 19.4 Å². The van der Waals surface area contributed by atoms with E-state index in [2.05, 4.69) is 26.8 Å². The summed E-state index contributed by atoms with van der Waals surface area (Å²) in [5.74, 6) is -0.930. The second-order valence-electron chi connectivity index (χ2n) is 11.4. The Kier molecular flexibility index (Phi) is 7.04. The standard InChI is InChI=1S/C33H34N2O4S/c1-8-39-25-13-12-22(17-23(25)33(5,6)7)29(36)27-28(21-11-9-10-18(2)14-21)35(31(38)30(27)37)32-34-24-15-19(3)20(4)16-26(24)40-32/h9-17,28,36H,8H2,1-7H3/b29-27+. The molecule has 1 aliphatic heterocycles. The summed E-state index contributed by atoms with van der Waals surface area (Å²) >= 11 is 1.37. The van der Waals surface area contributed by atoms with E-state index in [1.165, 1.54) is 16.2 Å². The number of benzene rings is 3. The van der Waals surface area contributed by atoms with E-state index in [0.29, 0.717) is 17.3 Å². The molecule has 1 atom stereocenters. The van der Waals surface area contributed by atoms with Crippen LogP contribution in [0.25, 0.3) is 16.0 Å². The largest absolute Gasteiger partial charge is 0.507 e. The first-order valence-electron chi connectivity index (χ1n) is 13.4.